The van der Waals surface area contributed by atoms with E-state index in [1.807, 2.05) is 18.2 Å². The van der Waals surface area contributed by atoms with Gasteiger partial charge in [0.1, 0.15) is 42.5 Å². The smallest absolute Gasteiger partial charge is 0.302 e. The molecule has 1 fully saturated rings. The van der Waals surface area contributed by atoms with Gasteiger partial charge in [0.25, 0.3) is 0 Å². The number of hydrogen-bond acceptors (Lipinski definition) is 8. The topological polar surface area (TPSA) is 115 Å². The van der Waals surface area contributed by atoms with Crippen LogP contribution in [0, 0.1) is 0 Å². The predicted octanol–water partition coefficient (Wildman–Crippen LogP) is 0.598. The summed E-state index contributed by atoms with van der Waals surface area (Å²) in [5.74, 6) is 0.400. The first-order valence-electron chi connectivity index (χ1n) is 8.47. The lowest BCUT2D eigenvalue weighted by molar-refractivity contribution is -0.278. The quantitative estimate of drug-likeness (QED) is 0.648. The van der Waals surface area contributed by atoms with E-state index in [2.05, 4.69) is 0 Å². The fourth-order valence-corrected chi connectivity index (χ4v) is 3.02. The minimum absolute atomic E-state index is 0.279. The van der Waals surface area contributed by atoms with Crippen LogP contribution in [0.15, 0.2) is 36.4 Å². The highest BCUT2D eigenvalue weighted by molar-refractivity contribution is 5.93. The van der Waals surface area contributed by atoms with Crippen molar-refractivity contribution in [3.63, 3.8) is 0 Å². The van der Waals surface area contributed by atoms with E-state index >= 15 is 0 Å². The first kappa shape index (κ1) is 19.4. The lowest BCUT2D eigenvalue weighted by atomic mass is 9.99. The van der Waals surface area contributed by atoms with Gasteiger partial charge in [-0.1, -0.05) is 24.3 Å². The summed E-state index contributed by atoms with van der Waals surface area (Å²) in [6, 6.07) is 10.8. The van der Waals surface area contributed by atoms with E-state index in [4.69, 9.17) is 18.9 Å². The molecule has 2 aromatic rings. The molecule has 0 radical (unpaired) electrons. The van der Waals surface area contributed by atoms with E-state index in [0.29, 0.717) is 16.9 Å². The molecule has 3 rings (SSSR count). The minimum Gasteiger partial charge on any atom is -0.496 e. The van der Waals surface area contributed by atoms with Crippen molar-refractivity contribution in [1.29, 1.82) is 0 Å². The van der Waals surface area contributed by atoms with Crippen LogP contribution >= 0.6 is 0 Å². The summed E-state index contributed by atoms with van der Waals surface area (Å²) in [7, 11) is 1.53. The zero-order valence-corrected chi connectivity index (χ0v) is 14.9. The number of benzene rings is 2. The predicted molar refractivity (Wildman–Crippen MR) is 94.4 cm³/mol. The van der Waals surface area contributed by atoms with Crippen LogP contribution in [0.1, 0.15) is 6.92 Å². The van der Waals surface area contributed by atoms with Crippen LogP contribution in [0.3, 0.4) is 0 Å². The summed E-state index contributed by atoms with van der Waals surface area (Å²) in [5, 5.41) is 32.0. The molecule has 1 heterocycles. The minimum atomic E-state index is -1.53. The Bertz CT molecular complexity index is 802. The second kappa shape index (κ2) is 8.10. The van der Waals surface area contributed by atoms with Crippen molar-refractivity contribution in [3.05, 3.63) is 36.4 Å². The molecule has 5 atom stereocenters. The van der Waals surface area contributed by atoms with Crippen LogP contribution in [-0.2, 0) is 14.3 Å². The molecule has 1 aliphatic heterocycles. The van der Waals surface area contributed by atoms with Crippen molar-refractivity contribution >= 4 is 16.7 Å². The maximum Gasteiger partial charge on any atom is 0.302 e. The van der Waals surface area contributed by atoms with Crippen LogP contribution in [0.4, 0.5) is 0 Å². The number of carbonyl (C=O) groups is 1. The summed E-state index contributed by atoms with van der Waals surface area (Å²) in [6.45, 7) is 0.940. The van der Waals surface area contributed by atoms with Crippen molar-refractivity contribution in [3.8, 4) is 11.5 Å². The summed E-state index contributed by atoms with van der Waals surface area (Å²) < 4.78 is 21.6. The lowest BCUT2D eigenvalue weighted by Gasteiger charge is -2.40. The molecular weight excluding hydrogens is 356 g/mol. The third kappa shape index (κ3) is 3.98. The van der Waals surface area contributed by atoms with Crippen LogP contribution in [0.25, 0.3) is 10.8 Å². The summed E-state index contributed by atoms with van der Waals surface area (Å²) in [6.07, 6.45) is -6.78. The van der Waals surface area contributed by atoms with Gasteiger partial charge in [0.05, 0.1) is 12.5 Å². The number of ether oxygens (including phenoxy) is 4. The molecule has 2 aromatic carbocycles. The molecule has 5 unspecified atom stereocenters. The highest BCUT2D eigenvalue weighted by atomic mass is 16.7. The van der Waals surface area contributed by atoms with E-state index in [1.54, 1.807) is 18.2 Å². The Hall–Kier alpha value is -2.39. The highest BCUT2D eigenvalue weighted by Crippen LogP contribution is 2.35. The van der Waals surface area contributed by atoms with Gasteiger partial charge in [-0.2, -0.15) is 0 Å². The Morgan fingerprint density at radius 3 is 2.33 bits per heavy atom. The molecular formula is C19H22O8. The highest BCUT2D eigenvalue weighted by Gasteiger charge is 2.45. The normalized spacial score (nSPS) is 28.0. The average molecular weight is 378 g/mol. The molecule has 8 nitrogen and oxygen atoms in total. The van der Waals surface area contributed by atoms with Gasteiger partial charge in [-0.15, -0.1) is 0 Å². The second-order valence-electron chi connectivity index (χ2n) is 6.25. The number of esters is 1. The summed E-state index contributed by atoms with van der Waals surface area (Å²) in [5.41, 5.74) is 0. The number of methoxy groups -OCH3 is 1. The van der Waals surface area contributed by atoms with Gasteiger partial charge in [0.2, 0.25) is 6.29 Å². The van der Waals surface area contributed by atoms with Crippen LogP contribution in [0.2, 0.25) is 0 Å². The van der Waals surface area contributed by atoms with E-state index in [9.17, 15) is 20.1 Å². The third-order valence-corrected chi connectivity index (χ3v) is 4.41. The molecule has 0 saturated carbocycles. The van der Waals surface area contributed by atoms with Crippen molar-refractivity contribution < 1.29 is 39.1 Å². The van der Waals surface area contributed by atoms with E-state index in [1.165, 1.54) is 14.0 Å². The van der Waals surface area contributed by atoms with Gasteiger partial charge in [-0.25, -0.2) is 0 Å². The van der Waals surface area contributed by atoms with Gasteiger partial charge in [-0.3, -0.25) is 4.79 Å². The maximum atomic E-state index is 11.0. The van der Waals surface area contributed by atoms with Crippen molar-refractivity contribution in [1.82, 2.24) is 0 Å². The molecule has 0 spiro atoms. The molecule has 0 aliphatic carbocycles. The molecule has 27 heavy (non-hydrogen) atoms. The van der Waals surface area contributed by atoms with Crippen molar-refractivity contribution in [2.75, 3.05) is 13.7 Å². The first-order chi connectivity index (χ1) is 12.9. The Kier molecular flexibility index (Phi) is 5.81. The second-order valence-corrected chi connectivity index (χ2v) is 6.25. The zero-order chi connectivity index (χ0) is 19.6. The standard InChI is InChI=1S/C19H22O8/c1-10(20)25-9-14-16(21)17(22)18(23)19(27-14)26-13-8-4-6-11-5-3-7-12(24-2)15(11)13/h3-8,14,16-19,21-23H,9H2,1-2H3. The van der Waals surface area contributed by atoms with Gasteiger partial charge in [0.15, 0.2) is 0 Å². The van der Waals surface area contributed by atoms with E-state index in [-0.39, 0.29) is 6.61 Å². The summed E-state index contributed by atoms with van der Waals surface area (Å²) >= 11 is 0. The fraction of sp³-hybridized carbons (Fsp3) is 0.421. The number of rotatable bonds is 5. The maximum absolute atomic E-state index is 11.0. The Balaban J connectivity index is 1.87. The van der Waals surface area contributed by atoms with Gasteiger partial charge in [-0.05, 0) is 17.5 Å². The Labute approximate surface area is 155 Å². The lowest BCUT2D eigenvalue weighted by Crippen LogP contribution is -2.60. The number of aliphatic hydroxyl groups excluding tert-OH is 3. The molecule has 1 saturated heterocycles. The van der Waals surface area contributed by atoms with Crippen molar-refractivity contribution in [2.24, 2.45) is 0 Å². The van der Waals surface area contributed by atoms with Crippen LogP contribution in [0.5, 0.6) is 11.5 Å². The van der Waals surface area contributed by atoms with E-state index < -0.39 is 36.7 Å². The SMILES string of the molecule is COc1cccc2cccc(OC3OC(COC(C)=O)C(O)C(O)C3O)c12. The Morgan fingerprint density at radius 1 is 1.04 bits per heavy atom. The average Bonchev–Trinajstić information content (AvgIpc) is 2.67. The van der Waals surface area contributed by atoms with Gasteiger partial charge >= 0.3 is 5.97 Å². The molecule has 8 heteroatoms. The monoisotopic (exact) mass is 378 g/mol. The number of aliphatic hydroxyl groups is 3. The number of fused-ring (bicyclic) bond motifs is 1. The van der Waals surface area contributed by atoms with E-state index in [0.717, 1.165) is 5.39 Å². The number of carbonyl (C=O) groups excluding carboxylic acids is 1. The molecule has 146 valence electrons. The largest absolute Gasteiger partial charge is 0.496 e. The Morgan fingerprint density at radius 2 is 1.70 bits per heavy atom. The zero-order valence-electron chi connectivity index (χ0n) is 14.9. The van der Waals surface area contributed by atoms with Gasteiger partial charge < -0.3 is 34.3 Å². The summed E-state index contributed by atoms with van der Waals surface area (Å²) in [4.78, 5) is 11.0. The van der Waals surface area contributed by atoms with Gasteiger partial charge in [0, 0.05) is 6.92 Å². The molecule has 1 aliphatic rings. The molecule has 0 bridgehead atoms. The van der Waals surface area contributed by atoms with Crippen LogP contribution in [-0.4, -0.2) is 65.7 Å². The number of hydrogen-bond donors (Lipinski definition) is 3. The first-order valence-corrected chi connectivity index (χ1v) is 8.47. The molecule has 0 amide bonds. The van der Waals surface area contributed by atoms with Crippen molar-refractivity contribution in [2.45, 2.75) is 37.6 Å². The third-order valence-electron chi connectivity index (χ3n) is 4.41. The van der Waals surface area contributed by atoms with Crippen LogP contribution < -0.4 is 9.47 Å². The molecule has 3 N–H and O–H groups in total. The molecule has 0 aromatic heterocycles. The fourth-order valence-electron chi connectivity index (χ4n) is 3.02.